The van der Waals surface area contributed by atoms with Crippen molar-refractivity contribution >= 4 is 17.1 Å². The van der Waals surface area contributed by atoms with E-state index in [2.05, 4.69) is 4.98 Å². The number of rotatable bonds is 5. The third-order valence-corrected chi connectivity index (χ3v) is 4.51. The lowest BCUT2D eigenvalue weighted by Gasteiger charge is -2.18. The van der Waals surface area contributed by atoms with Crippen LogP contribution in [0.25, 0.3) is 5.76 Å². The molecule has 0 spiro atoms. The van der Waals surface area contributed by atoms with Crippen LogP contribution >= 0.6 is 11.3 Å². The topological polar surface area (TPSA) is 53.4 Å². The molecule has 0 fully saturated rings. The quantitative estimate of drug-likeness (QED) is 0.651. The summed E-state index contributed by atoms with van der Waals surface area (Å²) in [5.74, 6) is -1.53. The first-order valence-corrected chi connectivity index (χ1v) is 8.47. The summed E-state index contributed by atoms with van der Waals surface area (Å²) in [5, 5.41) is 24.8. The Morgan fingerprint density at radius 3 is 2.68 bits per heavy atom. The molecule has 0 amide bonds. The Kier molecular flexibility index (Phi) is 5.21. The molecular formula is C19H15F2NO2S. The molecule has 1 unspecified atom stereocenters. The van der Waals surface area contributed by atoms with Gasteiger partial charge in [-0.15, -0.1) is 0 Å². The van der Waals surface area contributed by atoms with Crippen molar-refractivity contribution in [3.05, 3.63) is 93.4 Å². The first-order valence-electron chi connectivity index (χ1n) is 7.52. The van der Waals surface area contributed by atoms with Gasteiger partial charge < -0.3 is 10.2 Å². The Morgan fingerprint density at radius 1 is 1.20 bits per heavy atom. The molecule has 2 aromatic heterocycles. The van der Waals surface area contributed by atoms with Crippen molar-refractivity contribution < 1.29 is 19.0 Å². The number of halogens is 2. The molecule has 0 aliphatic rings. The van der Waals surface area contributed by atoms with Gasteiger partial charge in [-0.3, -0.25) is 4.98 Å². The molecule has 0 bridgehead atoms. The van der Waals surface area contributed by atoms with Gasteiger partial charge >= 0.3 is 0 Å². The predicted molar refractivity (Wildman–Crippen MR) is 93.1 cm³/mol. The van der Waals surface area contributed by atoms with Crippen LogP contribution in [-0.4, -0.2) is 15.2 Å². The lowest BCUT2D eigenvalue weighted by molar-refractivity contribution is 0.209. The lowest BCUT2D eigenvalue weighted by Crippen LogP contribution is -2.09. The van der Waals surface area contributed by atoms with Crippen LogP contribution in [0.1, 0.15) is 22.8 Å². The fourth-order valence-corrected chi connectivity index (χ4v) is 3.14. The Hall–Kier alpha value is -2.57. The van der Waals surface area contributed by atoms with Gasteiger partial charge in [0.2, 0.25) is 0 Å². The summed E-state index contributed by atoms with van der Waals surface area (Å²) < 4.78 is 27.2. The van der Waals surface area contributed by atoms with E-state index in [9.17, 15) is 19.0 Å². The Balaban J connectivity index is 2.05. The summed E-state index contributed by atoms with van der Waals surface area (Å²) in [5.41, 5.74) is 1.41. The molecule has 0 radical (unpaired) electrons. The molecule has 1 aromatic carbocycles. The molecule has 0 aliphatic carbocycles. The zero-order chi connectivity index (χ0) is 17.8. The third-order valence-electron chi connectivity index (χ3n) is 3.83. The maximum Gasteiger partial charge on any atom is 0.129 e. The average Bonchev–Trinajstić information content (AvgIpc) is 3.15. The third kappa shape index (κ3) is 3.92. The molecule has 1 atom stereocenters. The van der Waals surface area contributed by atoms with Crippen molar-refractivity contribution in [1.82, 2.24) is 4.98 Å². The van der Waals surface area contributed by atoms with Crippen LogP contribution in [0.4, 0.5) is 8.78 Å². The highest BCUT2D eigenvalue weighted by Gasteiger charge is 2.21. The lowest BCUT2D eigenvalue weighted by atomic mass is 9.93. The molecule has 6 heteroatoms. The Bertz CT molecular complexity index is 880. The fraction of sp³-hybridized carbons (Fsp3) is 0.105. The van der Waals surface area contributed by atoms with E-state index in [0.29, 0.717) is 11.1 Å². The van der Waals surface area contributed by atoms with Crippen molar-refractivity contribution in [2.45, 2.75) is 12.5 Å². The van der Waals surface area contributed by atoms with Gasteiger partial charge in [-0.05, 0) is 29.1 Å². The van der Waals surface area contributed by atoms with Crippen LogP contribution in [0.15, 0.2) is 65.1 Å². The van der Waals surface area contributed by atoms with Crippen LogP contribution in [-0.2, 0) is 6.42 Å². The van der Waals surface area contributed by atoms with Gasteiger partial charge in [0.05, 0.1) is 0 Å². The maximum atomic E-state index is 14.0. The number of thiophene rings is 1. The Labute approximate surface area is 147 Å². The summed E-state index contributed by atoms with van der Waals surface area (Å²) in [7, 11) is 0. The van der Waals surface area contributed by atoms with E-state index in [1.165, 1.54) is 23.6 Å². The monoisotopic (exact) mass is 359 g/mol. The minimum Gasteiger partial charge on any atom is -0.507 e. The number of hydrogen-bond acceptors (Lipinski definition) is 4. The van der Waals surface area contributed by atoms with E-state index in [1.54, 1.807) is 35.2 Å². The number of hydrogen-bond donors (Lipinski definition) is 2. The van der Waals surface area contributed by atoms with Gasteiger partial charge in [-0.2, -0.15) is 11.3 Å². The van der Waals surface area contributed by atoms with E-state index >= 15 is 0 Å². The van der Waals surface area contributed by atoms with Crippen molar-refractivity contribution in [3.8, 4) is 0 Å². The normalized spacial score (nSPS) is 13.4. The number of aliphatic hydroxyl groups excluding tert-OH is 2. The molecule has 3 rings (SSSR count). The second-order valence-electron chi connectivity index (χ2n) is 5.49. The summed E-state index contributed by atoms with van der Waals surface area (Å²) in [6, 6.07) is 8.27. The van der Waals surface area contributed by atoms with Crippen LogP contribution < -0.4 is 0 Å². The van der Waals surface area contributed by atoms with Gasteiger partial charge in [-0.1, -0.05) is 12.1 Å². The standard InChI is InChI=1S/C19H15F2NO2S/c20-15-4-3-12(17(21)9-15)8-16(19(24)14-5-7-25-11-14)18(23)13-2-1-6-22-10-13/h1-7,9-11,18,23-24H,8H2/b19-16+. The number of aromatic nitrogens is 1. The van der Waals surface area contributed by atoms with Crippen LogP contribution in [0.3, 0.4) is 0 Å². The first kappa shape index (κ1) is 17.3. The van der Waals surface area contributed by atoms with Gasteiger partial charge in [0.15, 0.2) is 0 Å². The fourth-order valence-electron chi connectivity index (χ4n) is 2.50. The van der Waals surface area contributed by atoms with Gasteiger partial charge in [0.1, 0.15) is 23.5 Å². The largest absolute Gasteiger partial charge is 0.507 e. The van der Waals surface area contributed by atoms with E-state index < -0.39 is 17.7 Å². The van der Waals surface area contributed by atoms with E-state index in [4.69, 9.17) is 0 Å². The summed E-state index contributed by atoms with van der Waals surface area (Å²) in [6.45, 7) is 0. The van der Waals surface area contributed by atoms with Crippen LogP contribution in [0.2, 0.25) is 0 Å². The van der Waals surface area contributed by atoms with Crippen molar-refractivity contribution in [2.24, 2.45) is 0 Å². The molecule has 3 nitrogen and oxygen atoms in total. The SMILES string of the molecule is O/C(=C(\Cc1ccc(F)cc1F)C(O)c1cccnc1)c1ccsc1. The highest BCUT2D eigenvalue weighted by atomic mass is 32.1. The zero-order valence-corrected chi connectivity index (χ0v) is 13.9. The number of nitrogens with zero attached hydrogens (tertiary/aromatic N) is 1. The molecule has 0 saturated carbocycles. The highest BCUT2D eigenvalue weighted by Crippen LogP contribution is 2.31. The number of aliphatic hydroxyl groups is 2. The molecule has 128 valence electrons. The van der Waals surface area contributed by atoms with Crippen molar-refractivity contribution in [2.75, 3.05) is 0 Å². The average molecular weight is 359 g/mol. The molecule has 2 N–H and O–H groups in total. The predicted octanol–water partition coefficient (Wildman–Crippen LogP) is 4.67. The maximum absolute atomic E-state index is 14.0. The number of benzene rings is 1. The van der Waals surface area contributed by atoms with Crippen LogP contribution in [0, 0.1) is 11.6 Å². The second kappa shape index (κ2) is 7.55. The van der Waals surface area contributed by atoms with Gasteiger partial charge in [-0.25, -0.2) is 8.78 Å². The smallest absolute Gasteiger partial charge is 0.129 e. The summed E-state index contributed by atoms with van der Waals surface area (Å²) >= 11 is 1.39. The second-order valence-corrected chi connectivity index (χ2v) is 6.27. The molecule has 3 aromatic rings. The highest BCUT2D eigenvalue weighted by molar-refractivity contribution is 7.08. The minimum atomic E-state index is -1.17. The zero-order valence-electron chi connectivity index (χ0n) is 13.1. The molecule has 0 saturated heterocycles. The van der Waals surface area contributed by atoms with Crippen molar-refractivity contribution in [3.63, 3.8) is 0 Å². The van der Waals surface area contributed by atoms with Gasteiger partial charge in [0, 0.05) is 47.0 Å². The molecular weight excluding hydrogens is 344 g/mol. The van der Waals surface area contributed by atoms with Gasteiger partial charge in [0.25, 0.3) is 0 Å². The van der Waals surface area contributed by atoms with Crippen molar-refractivity contribution in [1.29, 1.82) is 0 Å². The Morgan fingerprint density at radius 2 is 2.04 bits per heavy atom. The number of pyridine rings is 1. The molecule has 2 heterocycles. The summed E-state index contributed by atoms with van der Waals surface area (Å²) in [4.78, 5) is 3.96. The van der Waals surface area contributed by atoms with Crippen LogP contribution in [0.5, 0.6) is 0 Å². The minimum absolute atomic E-state index is 0.0656. The molecule has 25 heavy (non-hydrogen) atoms. The van der Waals surface area contributed by atoms with E-state index in [1.807, 2.05) is 0 Å². The molecule has 0 aliphatic heterocycles. The van der Waals surface area contributed by atoms with E-state index in [0.717, 1.165) is 12.1 Å². The summed E-state index contributed by atoms with van der Waals surface area (Å²) in [6.07, 6.45) is 1.81. The van der Waals surface area contributed by atoms with E-state index in [-0.39, 0.29) is 23.3 Å². The first-order chi connectivity index (χ1) is 12.1.